The number of hydrogen-bond donors (Lipinski definition) is 2. The SMILES string of the molecule is Cn1cnc(C(=O)C(CNc2cccc(-c3ccc(Oc4ccc(F)cc4)cc3)n2)NC(=O)C2CC2)c1. The van der Waals surface area contributed by atoms with Crippen LogP contribution in [0.3, 0.4) is 0 Å². The average molecular weight is 500 g/mol. The summed E-state index contributed by atoms with van der Waals surface area (Å²) in [4.78, 5) is 34.3. The predicted molar refractivity (Wildman–Crippen MR) is 137 cm³/mol. The van der Waals surface area contributed by atoms with Crippen molar-refractivity contribution in [3.63, 3.8) is 0 Å². The molecule has 9 heteroatoms. The van der Waals surface area contributed by atoms with Gasteiger partial charge in [-0.25, -0.2) is 14.4 Å². The number of halogens is 1. The zero-order chi connectivity index (χ0) is 25.8. The van der Waals surface area contributed by atoms with Crippen LogP contribution in [0.2, 0.25) is 0 Å². The molecule has 0 radical (unpaired) electrons. The molecule has 4 aromatic rings. The standard InChI is InChI=1S/C28H26FN5O3/c1-34-16-25(31-17-34)27(35)24(33-28(36)19-5-6-19)15-30-26-4-2-3-23(32-26)18-7-11-21(12-8-18)37-22-13-9-20(29)10-14-22/h2-4,7-14,16-17,19,24H,5-6,15H2,1H3,(H,30,32)(H,33,36). The number of rotatable bonds is 10. The second-order valence-electron chi connectivity index (χ2n) is 8.99. The number of carbonyl (C=O) groups excluding carboxylic acids is 2. The summed E-state index contributed by atoms with van der Waals surface area (Å²) in [5.74, 6) is 1.03. The zero-order valence-corrected chi connectivity index (χ0v) is 20.2. The second kappa shape index (κ2) is 10.6. The number of imidazole rings is 1. The molecule has 2 N–H and O–H groups in total. The molecule has 37 heavy (non-hydrogen) atoms. The Morgan fingerprint density at radius 3 is 2.41 bits per heavy atom. The molecule has 1 aliphatic rings. The number of Topliss-reactive ketones (excluding diaryl/α,β-unsaturated/α-hetero) is 1. The van der Waals surface area contributed by atoms with Crippen molar-refractivity contribution in [2.75, 3.05) is 11.9 Å². The number of aryl methyl sites for hydroxylation is 1. The Hall–Kier alpha value is -4.53. The molecule has 1 saturated carbocycles. The van der Waals surface area contributed by atoms with Gasteiger partial charge in [0.1, 0.15) is 34.9 Å². The summed E-state index contributed by atoms with van der Waals surface area (Å²) in [5, 5.41) is 6.06. The summed E-state index contributed by atoms with van der Waals surface area (Å²) < 4.78 is 20.5. The number of aromatic nitrogens is 3. The average Bonchev–Trinajstić information content (AvgIpc) is 3.68. The highest BCUT2D eigenvalue weighted by Crippen LogP contribution is 2.29. The number of hydrogen-bond acceptors (Lipinski definition) is 6. The van der Waals surface area contributed by atoms with E-state index in [2.05, 4.69) is 20.6 Å². The number of ether oxygens (including phenoxy) is 1. The van der Waals surface area contributed by atoms with Gasteiger partial charge < -0.3 is 19.9 Å². The number of anilines is 1. The molecule has 0 bridgehead atoms. The number of pyridine rings is 1. The lowest BCUT2D eigenvalue weighted by Crippen LogP contribution is -2.46. The van der Waals surface area contributed by atoms with Crippen LogP contribution in [0, 0.1) is 11.7 Å². The Morgan fingerprint density at radius 2 is 1.76 bits per heavy atom. The molecule has 1 atom stereocenters. The molecule has 1 amide bonds. The topological polar surface area (TPSA) is 98.1 Å². The molecule has 0 aliphatic heterocycles. The van der Waals surface area contributed by atoms with Crippen molar-refractivity contribution in [2.45, 2.75) is 18.9 Å². The van der Waals surface area contributed by atoms with Gasteiger partial charge in [-0.2, -0.15) is 0 Å². The number of carbonyl (C=O) groups is 2. The number of nitrogens with one attached hydrogen (secondary N) is 2. The van der Waals surface area contributed by atoms with Gasteiger partial charge in [0, 0.05) is 31.3 Å². The lowest BCUT2D eigenvalue weighted by molar-refractivity contribution is -0.122. The van der Waals surface area contributed by atoms with Crippen LogP contribution in [-0.2, 0) is 11.8 Å². The minimum Gasteiger partial charge on any atom is -0.457 e. The fraction of sp³-hybridized carbons (Fsp3) is 0.214. The molecule has 2 aromatic carbocycles. The molecule has 0 saturated heterocycles. The number of ketones is 1. The highest BCUT2D eigenvalue weighted by Gasteiger charge is 2.33. The maximum absolute atomic E-state index is 13.1. The van der Waals surface area contributed by atoms with E-state index in [4.69, 9.17) is 4.74 Å². The molecule has 1 unspecified atom stereocenters. The molecule has 5 rings (SSSR count). The Morgan fingerprint density at radius 1 is 1.05 bits per heavy atom. The minimum absolute atomic E-state index is 0.0181. The van der Waals surface area contributed by atoms with E-state index in [0.29, 0.717) is 23.0 Å². The van der Waals surface area contributed by atoms with Gasteiger partial charge in [0.05, 0.1) is 12.0 Å². The van der Waals surface area contributed by atoms with Crippen LogP contribution in [0.25, 0.3) is 11.3 Å². The van der Waals surface area contributed by atoms with Crippen molar-refractivity contribution in [1.82, 2.24) is 19.9 Å². The molecule has 2 aromatic heterocycles. The smallest absolute Gasteiger partial charge is 0.223 e. The predicted octanol–water partition coefficient (Wildman–Crippen LogP) is 4.60. The molecule has 1 aliphatic carbocycles. The lowest BCUT2D eigenvalue weighted by Gasteiger charge is -2.18. The highest BCUT2D eigenvalue weighted by molar-refractivity contribution is 6.01. The Kier molecular flexibility index (Phi) is 6.93. The summed E-state index contributed by atoms with van der Waals surface area (Å²) >= 11 is 0. The van der Waals surface area contributed by atoms with Crippen LogP contribution in [0.15, 0.2) is 79.3 Å². The second-order valence-corrected chi connectivity index (χ2v) is 8.99. The molecule has 0 spiro atoms. The van der Waals surface area contributed by atoms with Crippen molar-refractivity contribution in [3.05, 3.63) is 90.8 Å². The summed E-state index contributed by atoms with van der Waals surface area (Å²) in [7, 11) is 1.79. The van der Waals surface area contributed by atoms with Gasteiger partial charge in [-0.1, -0.05) is 6.07 Å². The number of amides is 1. The molecule has 188 valence electrons. The minimum atomic E-state index is -0.767. The molecule has 2 heterocycles. The van der Waals surface area contributed by atoms with Gasteiger partial charge in [0.15, 0.2) is 0 Å². The fourth-order valence-electron chi connectivity index (χ4n) is 3.80. The van der Waals surface area contributed by atoms with Crippen LogP contribution < -0.4 is 15.4 Å². The lowest BCUT2D eigenvalue weighted by atomic mass is 10.1. The van der Waals surface area contributed by atoms with Gasteiger partial charge in [-0.3, -0.25) is 9.59 Å². The van der Waals surface area contributed by atoms with Crippen LogP contribution in [0.5, 0.6) is 11.5 Å². The third-order valence-corrected chi connectivity index (χ3v) is 5.97. The van der Waals surface area contributed by atoms with Crippen molar-refractivity contribution in [1.29, 1.82) is 0 Å². The third-order valence-electron chi connectivity index (χ3n) is 5.97. The van der Waals surface area contributed by atoms with E-state index < -0.39 is 6.04 Å². The monoisotopic (exact) mass is 499 g/mol. The maximum atomic E-state index is 13.1. The molecular formula is C28H26FN5O3. The van der Waals surface area contributed by atoms with E-state index in [1.165, 1.54) is 12.1 Å². The van der Waals surface area contributed by atoms with Crippen molar-refractivity contribution in [2.24, 2.45) is 13.0 Å². The van der Waals surface area contributed by atoms with E-state index in [-0.39, 0.29) is 30.0 Å². The first-order chi connectivity index (χ1) is 17.9. The first-order valence-electron chi connectivity index (χ1n) is 12.0. The molecule has 8 nitrogen and oxygen atoms in total. The largest absolute Gasteiger partial charge is 0.457 e. The van der Waals surface area contributed by atoms with Crippen molar-refractivity contribution in [3.8, 4) is 22.8 Å². The quantitative estimate of drug-likeness (QED) is 0.310. The van der Waals surface area contributed by atoms with E-state index >= 15 is 0 Å². The van der Waals surface area contributed by atoms with Crippen LogP contribution in [0.4, 0.5) is 10.2 Å². The van der Waals surface area contributed by atoms with E-state index in [0.717, 1.165) is 24.1 Å². The summed E-state index contributed by atoms with van der Waals surface area (Å²) in [5.41, 5.74) is 1.90. The number of benzene rings is 2. The van der Waals surface area contributed by atoms with Gasteiger partial charge >= 0.3 is 0 Å². The summed E-state index contributed by atoms with van der Waals surface area (Å²) in [6, 6.07) is 18.0. The fourth-order valence-corrected chi connectivity index (χ4v) is 3.80. The van der Waals surface area contributed by atoms with E-state index in [1.54, 1.807) is 42.3 Å². The van der Waals surface area contributed by atoms with E-state index in [1.807, 2.05) is 36.4 Å². The Bertz CT molecular complexity index is 1400. The van der Waals surface area contributed by atoms with Gasteiger partial charge in [-0.05, 0) is 73.5 Å². The van der Waals surface area contributed by atoms with Crippen molar-refractivity contribution < 1.29 is 18.7 Å². The van der Waals surface area contributed by atoms with Crippen LogP contribution >= 0.6 is 0 Å². The zero-order valence-electron chi connectivity index (χ0n) is 20.2. The number of nitrogens with zero attached hydrogens (tertiary/aromatic N) is 3. The first-order valence-corrected chi connectivity index (χ1v) is 12.0. The Labute approximate surface area is 213 Å². The normalized spacial score (nSPS) is 13.6. The van der Waals surface area contributed by atoms with Crippen LogP contribution in [-0.4, -0.2) is 38.8 Å². The van der Waals surface area contributed by atoms with Gasteiger partial charge in [0.2, 0.25) is 11.7 Å². The van der Waals surface area contributed by atoms with Gasteiger partial charge in [-0.15, -0.1) is 0 Å². The molecular weight excluding hydrogens is 473 g/mol. The molecule has 1 fully saturated rings. The van der Waals surface area contributed by atoms with Gasteiger partial charge in [0.25, 0.3) is 0 Å². The van der Waals surface area contributed by atoms with Crippen LogP contribution in [0.1, 0.15) is 23.3 Å². The van der Waals surface area contributed by atoms with Crippen molar-refractivity contribution >= 4 is 17.5 Å². The van der Waals surface area contributed by atoms with E-state index in [9.17, 15) is 14.0 Å². The Balaban J connectivity index is 1.26. The first kappa shape index (κ1) is 24.2. The third kappa shape index (κ3) is 6.19. The summed E-state index contributed by atoms with van der Waals surface area (Å²) in [6.07, 6.45) is 4.89. The summed E-state index contributed by atoms with van der Waals surface area (Å²) in [6.45, 7) is 0.175. The maximum Gasteiger partial charge on any atom is 0.223 e. The highest BCUT2D eigenvalue weighted by atomic mass is 19.1.